The molecule has 9 rings (SSSR count). The number of allylic oxidation sites excluding steroid dienone is 4. The molecule has 2 amide bonds. The number of para-hydroxylation sites is 1. The van der Waals surface area contributed by atoms with Crippen molar-refractivity contribution in [1.82, 2.24) is 20.2 Å². The molecule has 4 bridgehead atoms. The number of hydrogen-bond donors (Lipinski definition) is 4. The second-order valence-electron chi connectivity index (χ2n) is 23.2. The number of benzene rings is 2. The number of anilines is 2. The number of nitrogens with zero attached hydrogens (tertiary/aromatic N) is 4. The number of carboxylic acids is 1. The number of carboxylic acid groups (broad SMARTS) is 1. The van der Waals surface area contributed by atoms with Gasteiger partial charge in [-0.2, -0.15) is 0 Å². The van der Waals surface area contributed by atoms with Gasteiger partial charge in [0.25, 0.3) is 5.91 Å². The highest BCUT2D eigenvalue weighted by Gasteiger charge is 2.66. The highest BCUT2D eigenvalue weighted by Crippen LogP contribution is 2.71. The quantitative estimate of drug-likeness (QED) is 0.0218. The molecule has 2 atom stereocenters. The maximum absolute atomic E-state index is 13.7. The number of unbranched alkanes of at least 4 members (excludes halogenated alkanes) is 5. The zero-order valence-corrected chi connectivity index (χ0v) is 47.1. The molecule has 0 spiro atoms. The fourth-order valence-corrected chi connectivity index (χ4v) is 14.7. The lowest BCUT2D eigenvalue weighted by atomic mass is 9.39. The summed E-state index contributed by atoms with van der Waals surface area (Å²) in [6, 6.07) is 17.1. The largest absolute Gasteiger partial charge is 0.476 e. The van der Waals surface area contributed by atoms with Crippen LogP contribution >= 0.6 is 11.3 Å². The number of rotatable bonds is 30. The summed E-state index contributed by atoms with van der Waals surface area (Å²) in [5.41, 5.74) is 4.62. The molecule has 418 valence electrons. The van der Waals surface area contributed by atoms with Crippen LogP contribution in [-0.4, -0.2) is 121 Å². The minimum absolute atomic E-state index is 0.00970. The van der Waals surface area contributed by atoms with Crippen LogP contribution in [0.5, 0.6) is 0 Å². The van der Waals surface area contributed by atoms with Crippen LogP contribution in [0.3, 0.4) is 0 Å². The molecule has 4 aromatic rings. The van der Waals surface area contributed by atoms with Gasteiger partial charge in [-0.05, 0) is 141 Å². The lowest BCUT2D eigenvalue weighted by Crippen LogP contribution is -2.65. The molecule has 0 radical (unpaired) electrons. The average molecular weight is 1090 g/mol. The smallest absolute Gasteiger partial charge is 0.355 e. The van der Waals surface area contributed by atoms with Crippen LogP contribution in [0, 0.1) is 21.7 Å². The van der Waals surface area contributed by atoms with E-state index >= 15 is 0 Å². The van der Waals surface area contributed by atoms with E-state index in [1.54, 1.807) is 11.0 Å². The highest BCUT2D eigenvalue weighted by molar-refractivity contribution is 7.22. The highest BCUT2D eigenvalue weighted by atomic mass is 32.1. The molecule has 17 heteroatoms. The van der Waals surface area contributed by atoms with Crippen molar-refractivity contribution in [3.63, 3.8) is 0 Å². The third-order valence-electron chi connectivity index (χ3n) is 16.2. The average Bonchev–Trinajstić information content (AvgIpc) is 3.97. The topological polar surface area (TPSA) is 213 Å². The number of nitrogens with one attached hydrogen (secondary N) is 3. The summed E-state index contributed by atoms with van der Waals surface area (Å²) in [7, 11) is 1.81. The maximum atomic E-state index is 13.7. The lowest BCUT2D eigenvalue weighted by molar-refractivity contribution is -0.246. The zero-order chi connectivity index (χ0) is 55.5. The van der Waals surface area contributed by atoms with Crippen molar-refractivity contribution in [2.45, 2.75) is 136 Å². The molecule has 3 heterocycles. The first-order chi connectivity index (χ1) is 37.4. The predicted molar refractivity (Wildman–Crippen MR) is 305 cm³/mol. The maximum Gasteiger partial charge on any atom is 0.355 e. The number of ketones is 2. The van der Waals surface area contributed by atoms with Crippen LogP contribution in [0.2, 0.25) is 0 Å². The van der Waals surface area contributed by atoms with Crippen molar-refractivity contribution in [3.05, 3.63) is 100 Å². The Morgan fingerprint density at radius 3 is 2.22 bits per heavy atom. The van der Waals surface area contributed by atoms with Crippen LogP contribution in [0.4, 0.5) is 10.9 Å². The first-order valence-corrected chi connectivity index (χ1v) is 28.7. The monoisotopic (exact) mass is 1090 g/mol. The molecule has 4 saturated carbocycles. The van der Waals surface area contributed by atoms with Crippen molar-refractivity contribution in [3.8, 4) is 0 Å². The molecule has 0 saturated heterocycles. The van der Waals surface area contributed by atoms with Crippen molar-refractivity contribution in [1.29, 1.82) is 5.41 Å². The third-order valence-corrected chi connectivity index (χ3v) is 17.2. The Kier molecular flexibility index (Phi) is 19.2. The molecule has 4 fully saturated rings. The number of amides is 2. The zero-order valence-electron chi connectivity index (χ0n) is 46.3. The fraction of sp³-hybridized carbons (Fsp3) is 0.541. The summed E-state index contributed by atoms with van der Waals surface area (Å²) in [6.45, 7) is 12.6. The first-order valence-electron chi connectivity index (χ1n) is 27.9. The van der Waals surface area contributed by atoms with Gasteiger partial charge in [-0.25, -0.2) is 14.8 Å². The molecule has 78 heavy (non-hydrogen) atoms. The van der Waals surface area contributed by atoms with E-state index in [9.17, 15) is 29.1 Å². The van der Waals surface area contributed by atoms with Gasteiger partial charge in [0.15, 0.2) is 22.4 Å². The number of carbonyl (C=O) groups is 5. The Morgan fingerprint density at radius 2 is 1.50 bits per heavy atom. The second kappa shape index (κ2) is 25.8. The lowest BCUT2D eigenvalue weighted by Gasteiger charge is -2.69. The molecular formula is C61H79N7O9S. The van der Waals surface area contributed by atoms with Gasteiger partial charge in [0.1, 0.15) is 5.82 Å². The summed E-state index contributed by atoms with van der Waals surface area (Å²) in [6.07, 6.45) is 17.4. The van der Waals surface area contributed by atoms with Gasteiger partial charge in [0.05, 0.1) is 48.9 Å². The summed E-state index contributed by atoms with van der Waals surface area (Å²) in [4.78, 5) is 75.1. The molecular weight excluding hydrogens is 1010 g/mol. The van der Waals surface area contributed by atoms with Gasteiger partial charge in [-0.1, -0.05) is 75.1 Å². The van der Waals surface area contributed by atoms with E-state index < -0.39 is 5.97 Å². The molecule has 2 unspecified atom stereocenters. The number of aromatic carboxylic acids is 1. The minimum atomic E-state index is -1.18. The molecule has 1 aliphatic heterocycles. The van der Waals surface area contributed by atoms with Gasteiger partial charge in [-0.15, -0.1) is 0 Å². The molecule has 5 aliphatic rings. The van der Waals surface area contributed by atoms with Gasteiger partial charge >= 0.3 is 5.97 Å². The van der Waals surface area contributed by atoms with E-state index in [1.807, 2.05) is 67.4 Å². The van der Waals surface area contributed by atoms with E-state index in [4.69, 9.17) is 24.6 Å². The third kappa shape index (κ3) is 14.7. The van der Waals surface area contributed by atoms with E-state index in [2.05, 4.69) is 29.5 Å². The molecule has 2 aromatic carbocycles. The van der Waals surface area contributed by atoms with Gasteiger partial charge in [0.2, 0.25) is 5.91 Å². The van der Waals surface area contributed by atoms with E-state index in [-0.39, 0.29) is 50.9 Å². The number of fused-ring (bicyclic) bond motifs is 2. The molecule has 4 N–H and O–H groups in total. The Morgan fingerprint density at radius 1 is 0.795 bits per heavy atom. The van der Waals surface area contributed by atoms with Crippen LogP contribution < -0.4 is 15.5 Å². The van der Waals surface area contributed by atoms with Crippen molar-refractivity contribution >= 4 is 73.6 Å². The van der Waals surface area contributed by atoms with Gasteiger partial charge in [0, 0.05) is 74.7 Å². The van der Waals surface area contributed by atoms with Crippen LogP contribution in [0.25, 0.3) is 15.8 Å². The number of likely N-dealkylation sites (N-methyl/N-ethyl adjacent to an activating group) is 1. The second-order valence-corrected chi connectivity index (χ2v) is 24.3. The summed E-state index contributed by atoms with van der Waals surface area (Å²) in [5.74, 6) is -0.962. The van der Waals surface area contributed by atoms with Crippen LogP contribution in [0.1, 0.15) is 155 Å². The van der Waals surface area contributed by atoms with E-state index in [1.165, 1.54) is 36.6 Å². The first kappa shape index (κ1) is 58.0. The summed E-state index contributed by atoms with van der Waals surface area (Å²) in [5, 5.41) is 26.4. The molecule has 4 aliphatic carbocycles. The van der Waals surface area contributed by atoms with Crippen LogP contribution in [0.15, 0.2) is 72.4 Å². The number of ether oxygens (including phenoxy) is 3. The van der Waals surface area contributed by atoms with Gasteiger partial charge < -0.3 is 39.8 Å². The number of hydrogen-bond acceptors (Lipinski definition) is 14. The normalized spacial score (nSPS) is 22.6. The van der Waals surface area contributed by atoms with E-state index in [0.717, 1.165) is 104 Å². The Balaban J connectivity index is 0.788. The summed E-state index contributed by atoms with van der Waals surface area (Å²) >= 11 is 1.42. The van der Waals surface area contributed by atoms with E-state index in [0.29, 0.717) is 106 Å². The number of thiazole rings is 1. The Labute approximate surface area is 463 Å². The number of pyridine rings is 1. The number of carbonyl (C=O) groups excluding carboxylic acids is 4. The standard InChI is InChI=1S/C61H79N7O9S/c1-42(69)21-22-45(70)16-10-8-6-7-9-11-20-53(71)67(5)27-28-75-29-30-76-31-32-77-61-38-58(3)35-59(4,39-61)37-60(36-58,40-61)41-63-43(2)48(33-62)46-23-24-52(65-54(46)56(73)74)68-26-25-44-15-14-17-47(49(44)34-68)55(72)66-57-64-50-18-12-13-19-51(50)78-57/h12-15,17-19,21-24,33,62-63H,6-11,16,20,25-32,34-41H2,1-5H3,(H,73,74)(H,64,66,72)/b22-21-,48-43+,62-33?. The SMILES string of the molecule is CC(=O)/C=C\C(=O)CCCCCCCCC(=O)N(C)CCOCCOCCOC12CC3(C)CC(C)(CC(CN/C(C)=C(\C=N)c4ccc(N5CCc6cccc(C(=O)Nc7nc8ccccc8s7)c6C5)nc4C(=O)O)(C3)C1)C2. The number of aromatic nitrogens is 2. The van der Waals surface area contributed by atoms with Crippen LogP contribution in [-0.2, 0) is 41.6 Å². The predicted octanol–water partition coefficient (Wildman–Crippen LogP) is 10.6. The molecule has 2 aromatic heterocycles. The van der Waals surface area contributed by atoms with Crippen molar-refractivity contribution in [2.75, 3.05) is 69.9 Å². The molecule has 16 nitrogen and oxygen atoms in total. The van der Waals surface area contributed by atoms with Crippen molar-refractivity contribution < 1.29 is 43.3 Å². The summed E-state index contributed by atoms with van der Waals surface area (Å²) < 4.78 is 19.7. The fourth-order valence-electron chi connectivity index (χ4n) is 13.8. The minimum Gasteiger partial charge on any atom is -0.476 e. The van der Waals surface area contributed by atoms with Crippen molar-refractivity contribution in [2.24, 2.45) is 16.2 Å². The Bertz CT molecular complexity index is 2860. The Hall–Kier alpha value is -6.14. The van der Waals surface area contributed by atoms with Gasteiger partial charge in [-0.3, -0.25) is 24.5 Å².